The van der Waals surface area contributed by atoms with Crippen molar-refractivity contribution in [3.8, 4) is 11.8 Å². The Labute approximate surface area is 166 Å². The molecule has 0 fully saturated rings. The number of para-hydroxylation sites is 1. The fourth-order valence-electron chi connectivity index (χ4n) is 2.51. The molecule has 0 radical (unpaired) electrons. The molecule has 0 aliphatic heterocycles. The third-order valence-corrected chi connectivity index (χ3v) is 4.71. The molecular formula is C21H17N3O3S. The summed E-state index contributed by atoms with van der Waals surface area (Å²) < 4.78 is 7.01. The molecule has 0 saturated carbocycles. The van der Waals surface area contributed by atoms with Crippen LogP contribution in [0.5, 0.6) is 0 Å². The Morgan fingerprint density at radius 1 is 1.07 bits per heavy atom. The number of thioether (sulfide) groups is 1. The highest BCUT2D eigenvalue weighted by atomic mass is 32.2. The number of aromatic nitrogens is 1. The zero-order valence-corrected chi connectivity index (χ0v) is 15.7. The molecule has 0 atom stereocenters. The summed E-state index contributed by atoms with van der Waals surface area (Å²) in [7, 11) is 0. The standard InChI is InChI=1S/C21H17N3O3S/c22-10-13-28-19-9-2-1-8-18(19)23-20(25)15-27-21(26)16-6-5-7-17(14-16)24-11-3-4-12-24/h1-9,11-12,14H,13,15H2,(H,23,25). The molecule has 0 saturated heterocycles. The van der Waals surface area contributed by atoms with Crippen LogP contribution in [0.15, 0.2) is 78.0 Å². The molecule has 28 heavy (non-hydrogen) atoms. The second kappa shape index (κ2) is 9.44. The Morgan fingerprint density at radius 3 is 2.64 bits per heavy atom. The Morgan fingerprint density at radius 2 is 1.86 bits per heavy atom. The lowest BCUT2D eigenvalue weighted by Gasteiger charge is -2.10. The van der Waals surface area contributed by atoms with Crippen LogP contribution in [0, 0.1) is 11.3 Å². The molecule has 6 nitrogen and oxygen atoms in total. The van der Waals surface area contributed by atoms with Crippen LogP contribution in [0.1, 0.15) is 10.4 Å². The van der Waals surface area contributed by atoms with Crippen molar-refractivity contribution in [2.75, 3.05) is 17.7 Å². The van der Waals surface area contributed by atoms with Gasteiger partial charge in [-0.1, -0.05) is 18.2 Å². The fraction of sp³-hybridized carbons (Fsp3) is 0.0952. The van der Waals surface area contributed by atoms with Crippen molar-refractivity contribution in [1.82, 2.24) is 4.57 Å². The largest absolute Gasteiger partial charge is 0.452 e. The van der Waals surface area contributed by atoms with Gasteiger partial charge in [0.2, 0.25) is 0 Å². The first-order chi connectivity index (χ1) is 13.7. The van der Waals surface area contributed by atoms with Gasteiger partial charge in [-0.15, -0.1) is 11.8 Å². The molecule has 2 aromatic carbocycles. The molecule has 0 spiro atoms. The summed E-state index contributed by atoms with van der Waals surface area (Å²) in [6.45, 7) is -0.399. The van der Waals surface area contributed by atoms with Crippen molar-refractivity contribution in [3.63, 3.8) is 0 Å². The van der Waals surface area contributed by atoms with Crippen molar-refractivity contribution in [2.24, 2.45) is 0 Å². The number of anilines is 1. The van der Waals surface area contributed by atoms with Crippen LogP contribution in [0.25, 0.3) is 5.69 Å². The monoisotopic (exact) mass is 391 g/mol. The van der Waals surface area contributed by atoms with Crippen molar-refractivity contribution in [1.29, 1.82) is 5.26 Å². The molecule has 0 bridgehead atoms. The van der Waals surface area contributed by atoms with Gasteiger partial charge in [0.15, 0.2) is 6.61 Å². The molecule has 1 aromatic heterocycles. The number of esters is 1. The van der Waals surface area contributed by atoms with E-state index in [1.54, 1.807) is 30.3 Å². The molecular weight excluding hydrogens is 374 g/mol. The Kier molecular flexibility index (Phi) is 6.50. The van der Waals surface area contributed by atoms with Gasteiger partial charge in [0.05, 0.1) is 23.1 Å². The molecule has 1 amide bonds. The van der Waals surface area contributed by atoms with Gasteiger partial charge in [-0.25, -0.2) is 4.79 Å². The van der Waals surface area contributed by atoms with E-state index in [1.807, 2.05) is 53.4 Å². The van der Waals surface area contributed by atoms with Crippen molar-refractivity contribution < 1.29 is 14.3 Å². The predicted octanol–water partition coefficient (Wildman–Crippen LogP) is 3.89. The van der Waals surface area contributed by atoms with Crippen molar-refractivity contribution >= 4 is 29.3 Å². The number of rotatable bonds is 7. The van der Waals surface area contributed by atoms with Crippen LogP contribution < -0.4 is 5.32 Å². The number of amides is 1. The minimum absolute atomic E-state index is 0.277. The van der Waals surface area contributed by atoms with Crippen LogP contribution in [-0.4, -0.2) is 28.8 Å². The van der Waals surface area contributed by atoms with Crippen LogP contribution in [-0.2, 0) is 9.53 Å². The lowest BCUT2D eigenvalue weighted by molar-refractivity contribution is -0.119. The summed E-state index contributed by atoms with van der Waals surface area (Å²) in [4.78, 5) is 25.2. The number of nitrogens with one attached hydrogen (secondary N) is 1. The number of nitriles is 1. The fourth-order valence-corrected chi connectivity index (χ4v) is 3.18. The number of benzene rings is 2. The second-order valence-corrected chi connectivity index (χ2v) is 6.73. The lowest BCUT2D eigenvalue weighted by atomic mass is 10.2. The van der Waals surface area contributed by atoms with E-state index in [0.29, 0.717) is 11.3 Å². The van der Waals surface area contributed by atoms with Gasteiger partial charge in [-0.05, 0) is 42.5 Å². The third kappa shape index (κ3) is 5.02. The first-order valence-electron chi connectivity index (χ1n) is 8.46. The molecule has 7 heteroatoms. The Bertz CT molecular complexity index is 1010. The number of hydrogen-bond donors (Lipinski definition) is 1. The Hall–Kier alpha value is -3.50. The van der Waals surface area contributed by atoms with Crippen LogP contribution in [0.4, 0.5) is 5.69 Å². The van der Waals surface area contributed by atoms with Gasteiger partial charge in [-0.2, -0.15) is 5.26 Å². The van der Waals surface area contributed by atoms with E-state index in [-0.39, 0.29) is 5.75 Å². The van der Waals surface area contributed by atoms with Crippen LogP contribution in [0.3, 0.4) is 0 Å². The van der Waals surface area contributed by atoms with E-state index in [4.69, 9.17) is 10.00 Å². The van der Waals surface area contributed by atoms with Gasteiger partial charge in [0, 0.05) is 23.0 Å². The molecule has 1 N–H and O–H groups in total. The highest BCUT2D eigenvalue weighted by Crippen LogP contribution is 2.26. The smallest absolute Gasteiger partial charge is 0.338 e. The number of ether oxygens (including phenoxy) is 1. The topological polar surface area (TPSA) is 84.1 Å². The second-order valence-electron chi connectivity index (χ2n) is 5.71. The van der Waals surface area contributed by atoms with E-state index in [1.165, 1.54) is 11.8 Å². The quantitative estimate of drug-likeness (QED) is 0.488. The van der Waals surface area contributed by atoms with E-state index in [0.717, 1.165) is 10.6 Å². The molecule has 3 aromatic rings. The minimum atomic E-state index is -0.573. The molecule has 0 aliphatic rings. The molecule has 0 unspecified atom stereocenters. The zero-order chi connectivity index (χ0) is 19.8. The Balaban J connectivity index is 1.59. The number of nitrogens with zero attached hydrogens (tertiary/aromatic N) is 2. The molecule has 0 aliphatic carbocycles. The van der Waals surface area contributed by atoms with Crippen LogP contribution >= 0.6 is 11.8 Å². The molecule has 140 valence electrons. The molecule has 3 rings (SSSR count). The third-order valence-electron chi connectivity index (χ3n) is 3.77. The average molecular weight is 391 g/mol. The molecule has 1 heterocycles. The van der Waals surface area contributed by atoms with Crippen molar-refractivity contribution in [3.05, 3.63) is 78.6 Å². The maximum atomic E-state index is 12.3. The normalized spacial score (nSPS) is 10.1. The van der Waals surface area contributed by atoms with Crippen LogP contribution in [0.2, 0.25) is 0 Å². The summed E-state index contributed by atoms with van der Waals surface area (Å²) in [6, 6.07) is 20.0. The van der Waals surface area contributed by atoms with Crippen molar-refractivity contribution in [2.45, 2.75) is 4.90 Å². The van der Waals surface area contributed by atoms with E-state index >= 15 is 0 Å². The van der Waals surface area contributed by atoms with E-state index in [2.05, 4.69) is 5.32 Å². The summed E-state index contributed by atoms with van der Waals surface area (Å²) >= 11 is 1.32. The van der Waals surface area contributed by atoms with Gasteiger partial charge in [-0.3, -0.25) is 4.79 Å². The van der Waals surface area contributed by atoms with Gasteiger partial charge in [0.1, 0.15) is 0 Å². The predicted molar refractivity (Wildman–Crippen MR) is 107 cm³/mol. The van der Waals surface area contributed by atoms with Gasteiger partial charge in [0.25, 0.3) is 5.91 Å². The summed E-state index contributed by atoms with van der Waals surface area (Å²) in [5.41, 5.74) is 1.77. The van der Waals surface area contributed by atoms with Gasteiger partial charge >= 0.3 is 5.97 Å². The number of hydrogen-bond acceptors (Lipinski definition) is 5. The highest BCUT2D eigenvalue weighted by molar-refractivity contribution is 7.99. The first kappa shape index (κ1) is 19.3. The first-order valence-corrected chi connectivity index (χ1v) is 9.45. The number of carbonyl (C=O) groups is 2. The minimum Gasteiger partial charge on any atom is -0.452 e. The average Bonchev–Trinajstić information content (AvgIpc) is 3.26. The summed E-state index contributed by atoms with van der Waals surface area (Å²) in [5.74, 6) is -0.740. The van der Waals surface area contributed by atoms with E-state index in [9.17, 15) is 9.59 Å². The maximum absolute atomic E-state index is 12.3. The summed E-state index contributed by atoms with van der Waals surface area (Å²) in [5, 5.41) is 11.4. The maximum Gasteiger partial charge on any atom is 0.338 e. The SMILES string of the molecule is N#CCSc1ccccc1NC(=O)COC(=O)c1cccc(-n2cccc2)c1. The highest BCUT2D eigenvalue weighted by Gasteiger charge is 2.12. The zero-order valence-electron chi connectivity index (χ0n) is 14.9. The summed E-state index contributed by atoms with van der Waals surface area (Å²) in [6.07, 6.45) is 3.75. The number of carbonyl (C=O) groups excluding carboxylic acids is 2. The van der Waals surface area contributed by atoms with Gasteiger partial charge < -0.3 is 14.6 Å². The van der Waals surface area contributed by atoms with E-state index < -0.39 is 18.5 Å². The lowest BCUT2D eigenvalue weighted by Crippen LogP contribution is -2.21.